The predicted molar refractivity (Wildman–Crippen MR) is 136 cm³/mol. The number of anilines is 1. The predicted octanol–water partition coefficient (Wildman–Crippen LogP) is 2.79. The van der Waals surface area contributed by atoms with Gasteiger partial charge in [0.25, 0.3) is 0 Å². The Balaban J connectivity index is 0.00000320. The van der Waals surface area contributed by atoms with Gasteiger partial charge in [0, 0.05) is 39.3 Å². The summed E-state index contributed by atoms with van der Waals surface area (Å²) in [6.45, 7) is 4.71. The maximum absolute atomic E-state index is 12.3. The SMILES string of the molecule is CN=C(NCCNS(=O)(=O)c1ccc(C)cc1)NC1CCN(c2cccs2)CC1.I. The first-order valence-corrected chi connectivity index (χ1v) is 12.2. The van der Waals surface area contributed by atoms with Gasteiger partial charge in [-0.2, -0.15) is 0 Å². The molecule has 166 valence electrons. The monoisotopic (exact) mass is 563 g/mol. The highest BCUT2D eigenvalue weighted by Gasteiger charge is 2.20. The second kappa shape index (κ2) is 11.9. The summed E-state index contributed by atoms with van der Waals surface area (Å²) < 4.78 is 27.2. The van der Waals surface area contributed by atoms with Crippen LogP contribution in [0.25, 0.3) is 0 Å². The Morgan fingerprint density at radius 1 is 1.17 bits per heavy atom. The highest BCUT2D eigenvalue weighted by molar-refractivity contribution is 14.0. The van der Waals surface area contributed by atoms with Crippen LogP contribution in [0.5, 0.6) is 0 Å². The second-order valence-electron chi connectivity index (χ2n) is 7.07. The molecule has 1 saturated heterocycles. The molecule has 30 heavy (non-hydrogen) atoms. The number of nitrogens with zero attached hydrogens (tertiary/aromatic N) is 2. The number of piperidine rings is 1. The van der Waals surface area contributed by atoms with E-state index in [0.717, 1.165) is 31.5 Å². The van der Waals surface area contributed by atoms with Crippen LogP contribution in [0.4, 0.5) is 5.00 Å². The molecule has 0 saturated carbocycles. The first kappa shape index (κ1) is 24.9. The second-order valence-corrected chi connectivity index (χ2v) is 9.76. The first-order chi connectivity index (χ1) is 14.0. The normalized spacial score (nSPS) is 15.5. The number of hydrogen-bond acceptors (Lipinski definition) is 5. The quantitative estimate of drug-likeness (QED) is 0.209. The fraction of sp³-hybridized carbons (Fsp3) is 0.450. The number of sulfonamides is 1. The number of benzene rings is 1. The summed E-state index contributed by atoms with van der Waals surface area (Å²) in [5, 5.41) is 10.1. The molecule has 2 heterocycles. The summed E-state index contributed by atoms with van der Waals surface area (Å²) in [7, 11) is -1.76. The standard InChI is InChI=1S/C20H29N5O2S2.HI/c1-16-5-7-18(8-6-16)29(26,27)23-12-11-22-20(21-2)24-17-9-13-25(14-10-17)19-4-3-15-28-19;/h3-8,15,17,23H,9-14H2,1-2H3,(H2,21,22,24);1H. The number of thiophene rings is 1. The van der Waals surface area contributed by atoms with Crippen LogP contribution in [-0.2, 0) is 10.0 Å². The minimum Gasteiger partial charge on any atom is -0.363 e. The fourth-order valence-electron chi connectivity index (χ4n) is 3.25. The van der Waals surface area contributed by atoms with Crippen LogP contribution in [0.15, 0.2) is 51.7 Å². The van der Waals surface area contributed by atoms with Crippen LogP contribution in [0.3, 0.4) is 0 Å². The number of hydrogen-bond donors (Lipinski definition) is 3. The molecule has 10 heteroatoms. The van der Waals surface area contributed by atoms with Gasteiger partial charge in [0.05, 0.1) is 9.90 Å². The fourth-order valence-corrected chi connectivity index (χ4v) is 5.07. The van der Waals surface area contributed by atoms with Crippen molar-refractivity contribution in [3.63, 3.8) is 0 Å². The molecule has 3 rings (SSSR count). The molecular weight excluding hydrogens is 533 g/mol. The number of rotatable bonds is 7. The number of aliphatic imine (C=N–C) groups is 1. The van der Waals surface area contributed by atoms with Crippen molar-refractivity contribution in [3.8, 4) is 0 Å². The van der Waals surface area contributed by atoms with E-state index in [2.05, 4.69) is 42.8 Å². The Morgan fingerprint density at radius 2 is 1.87 bits per heavy atom. The van der Waals surface area contributed by atoms with Crippen molar-refractivity contribution in [2.24, 2.45) is 4.99 Å². The Kier molecular flexibility index (Phi) is 9.85. The van der Waals surface area contributed by atoms with Gasteiger partial charge in [-0.1, -0.05) is 17.7 Å². The van der Waals surface area contributed by atoms with Crippen LogP contribution in [0.2, 0.25) is 0 Å². The summed E-state index contributed by atoms with van der Waals surface area (Å²) in [6, 6.07) is 11.4. The lowest BCUT2D eigenvalue weighted by atomic mass is 10.1. The highest BCUT2D eigenvalue weighted by atomic mass is 127. The number of nitrogens with one attached hydrogen (secondary N) is 3. The minimum absolute atomic E-state index is 0. The van der Waals surface area contributed by atoms with Crippen molar-refractivity contribution in [2.45, 2.75) is 30.7 Å². The maximum atomic E-state index is 12.3. The number of halogens is 1. The molecule has 0 atom stereocenters. The first-order valence-electron chi connectivity index (χ1n) is 9.80. The third-order valence-electron chi connectivity index (χ3n) is 4.92. The van der Waals surface area contributed by atoms with Crippen molar-refractivity contribution in [3.05, 3.63) is 47.3 Å². The van der Waals surface area contributed by atoms with Gasteiger partial charge in [0.2, 0.25) is 10.0 Å². The summed E-state index contributed by atoms with van der Waals surface area (Å²) in [6.07, 6.45) is 2.08. The molecule has 0 radical (unpaired) electrons. The van der Waals surface area contributed by atoms with E-state index in [1.165, 1.54) is 5.00 Å². The van der Waals surface area contributed by atoms with E-state index in [9.17, 15) is 8.42 Å². The molecule has 1 fully saturated rings. The highest BCUT2D eigenvalue weighted by Crippen LogP contribution is 2.24. The number of aryl methyl sites for hydroxylation is 1. The van der Waals surface area contributed by atoms with Gasteiger partial charge in [-0.15, -0.1) is 35.3 Å². The van der Waals surface area contributed by atoms with E-state index in [1.807, 2.05) is 6.92 Å². The van der Waals surface area contributed by atoms with Crippen LogP contribution < -0.4 is 20.3 Å². The van der Waals surface area contributed by atoms with Gasteiger partial charge in [-0.3, -0.25) is 4.99 Å². The van der Waals surface area contributed by atoms with E-state index in [-0.39, 0.29) is 35.4 Å². The molecule has 1 aliphatic heterocycles. The largest absolute Gasteiger partial charge is 0.363 e. The molecule has 0 spiro atoms. The molecule has 0 bridgehead atoms. The van der Waals surface area contributed by atoms with Gasteiger partial charge in [-0.05, 0) is 49.4 Å². The van der Waals surface area contributed by atoms with Crippen LogP contribution in [0, 0.1) is 6.92 Å². The average Bonchev–Trinajstić information content (AvgIpc) is 3.26. The lowest BCUT2D eigenvalue weighted by Gasteiger charge is -2.33. The minimum atomic E-state index is -3.49. The molecule has 7 nitrogen and oxygen atoms in total. The third-order valence-corrected chi connectivity index (χ3v) is 7.32. The molecule has 2 aromatic rings. The van der Waals surface area contributed by atoms with Gasteiger partial charge in [0.15, 0.2) is 5.96 Å². The van der Waals surface area contributed by atoms with Gasteiger partial charge < -0.3 is 15.5 Å². The lowest BCUT2D eigenvalue weighted by Crippen LogP contribution is -2.49. The summed E-state index contributed by atoms with van der Waals surface area (Å²) in [4.78, 5) is 6.95. The zero-order valence-corrected chi connectivity index (χ0v) is 21.3. The molecular formula is C20H30IN5O2S2. The van der Waals surface area contributed by atoms with Crippen molar-refractivity contribution in [2.75, 3.05) is 38.1 Å². The molecule has 1 aromatic carbocycles. The lowest BCUT2D eigenvalue weighted by molar-refractivity contribution is 0.463. The molecule has 1 aliphatic rings. The van der Waals surface area contributed by atoms with Crippen molar-refractivity contribution < 1.29 is 8.42 Å². The Labute approximate surface area is 200 Å². The van der Waals surface area contributed by atoms with E-state index in [0.29, 0.717) is 18.5 Å². The Bertz CT molecular complexity index is 894. The smallest absolute Gasteiger partial charge is 0.240 e. The zero-order chi connectivity index (χ0) is 20.7. The van der Waals surface area contributed by atoms with Crippen LogP contribution in [0.1, 0.15) is 18.4 Å². The van der Waals surface area contributed by atoms with E-state index >= 15 is 0 Å². The number of guanidine groups is 1. The molecule has 3 N–H and O–H groups in total. The van der Waals surface area contributed by atoms with E-state index in [1.54, 1.807) is 42.6 Å². The van der Waals surface area contributed by atoms with E-state index < -0.39 is 10.0 Å². The Hall–Kier alpha value is -1.37. The topological polar surface area (TPSA) is 85.8 Å². The maximum Gasteiger partial charge on any atom is 0.240 e. The van der Waals surface area contributed by atoms with Crippen molar-refractivity contribution in [1.82, 2.24) is 15.4 Å². The van der Waals surface area contributed by atoms with Crippen LogP contribution >= 0.6 is 35.3 Å². The average molecular weight is 564 g/mol. The molecule has 0 aliphatic carbocycles. The van der Waals surface area contributed by atoms with Crippen LogP contribution in [-0.4, -0.2) is 53.6 Å². The van der Waals surface area contributed by atoms with Gasteiger partial charge >= 0.3 is 0 Å². The third kappa shape index (κ3) is 7.10. The molecule has 0 unspecified atom stereocenters. The van der Waals surface area contributed by atoms with Gasteiger partial charge in [0.1, 0.15) is 0 Å². The Morgan fingerprint density at radius 3 is 2.47 bits per heavy atom. The summed E-state index contributed by atoms with van der Waals surface area (Å²) in [5.41, 5.74) is 1.03. The van der Waals surface area contributed by atoms with Gasteiger partial charge in [-0.25, -0.2) is 13.1 Å². The molecule has 0 amide bonds. The van der Waals surface area contributed by atoms with Crippen molar-refractivity contribution >= 4 is 56.3 Å². The van der Waals surface area contributed by atoms with E-state index in [4.69, 9.17) is 0 Å². The summed E-state index contributed by atoms with van der Waals surface area (Å²) >= 11 is 1.78. The molecule has 1 aromatic heterocycles. The summed E-state index contributed by atoms with van der Waals surface area (Å²) in [5.74, 6) is 0.703. The zero-order valence-electron chi connectivity index (χ0n) is 17.3. The van der Waals surface area contributed by atoms with Crippen molar-refractivity contribution in [1.29, 1.82) is 0 Å².